The quantitative estimate of drug-likeness (QED) is 0.229. The number of rotatable bonds is 12. The lowest BCUT2D eigenvalue weighted by molar-refractivity contribution is -0.147. The average molecular weight is 694 g/mol. The number of para-hydroxylation sites is 1. The average Bonchev–Trinajstić information content (AvgIpc) is 3.77. The van der Waals surface area contributed by atoms with Crippen molar-refractivity contribution < 1.29 is 19.5 Å². The Kier molecular flexibility index (Phi) is 8.91. The summed E-state index contributed by atoms with van der Waals surface area (Å²) in [4.78, 5) is 48.4. The van der Waals surface area contributed by atoms with E-state index < -0.39 is 28.7 Å². The van der Waals surface area contributed by atoms with Crippen LogP contribution in [0.5, 0.6) is 0 Å². The van der Waals surface area contributed by atoms with E-state index in [-0.39, 0.29) is 47.6 Å². The van der Waals surface area contributed by atoms with Crippen LogP contribution in [0, 0.1) is 11.8 Å². The topological polar surface area (TPSA) is 112 Å². The molecular formula is C33H37BrN6O4S. The molecule has 1 N–H and O–H groups in total. The molecule has 3 fully saturated rings. The first-order valence-electron chi connectivity index (χ1n) is 15.1. The van der Waals surface area contributed by atoms with Gasteiger partial charge in [-0.05, 0) is 30.5 Å². The number of thioether (sulfide) groups is 1. The summed E-state index contributed by atoms with van der Waals surface area (Å²) in [5.41, 5.74) is 2.43. The summed E-state index contributed by atoms with van der Waals surface area (Å²) in [5, 5.41) is 19.2. The number of fused-ring (bicyclic) bond motifs is 2. The Morgan fingerprint density at radius 3 is 2.56 bits per heavy atom. The van der Waals surface area contributed by atoms with Gasteiger partial charge in [0.15, 0.2) is 0 Å². The summed E-state index contributed by atoms with van der Waals surface area (Å²) in [6.07, 6.45) is 4.23. The van der Waals surface area contributed by atoms with Crippen molar-refractivity contribution in [3.8, 4) is 0 Å². The minimum Gasteiger partial charge on any atom is -0.394 e. The fraction of sp³-hybridized carbons (Fsp3) is 0.424. The molecule has 0 radical (unpaired) electrons. The molecule has 7 atom stereocenters. The molecule has 1 aromatic heterocycles. The largest absolute Gasteiger partial charge is 0.394 e. The van der Waals surface area contributed by atoms with Crippen LogP contribution in [0.2, 0.25) is 0 Å². The maximum absolute atomic E-state index is 15.0. The van der Waals surface area contributed by atoms with Gasteiger partial charge in [0.05, 0.1) is 34.7 Å². The molecule has 45 heavy (non-hydrogen) atoms. The van der Waals surface area contributed by atoms with Gasteiger partial charge in [0.1, 0.15) is 18.2 Å². The first kappa shape index (κ1) is 31.5. The number of halogens is 1. The Bertz CT molecular complexity index is 1620. The molecule has 0 saturated carbocycles. The van der Waals surface area contributed by atoms with Crippen LogP contribution in [0.25, 0.3) is 11.0 Å². The lowest BCUT2D eigenvalue weighted by Gasteiger charge is -2.40. The number of aromatic nitrogens is 3. The summed E-state index contributed by atoms with van der Waals surface area (Å²) >= 11 is 5.42. The molecule has 3 aromatic rings. The zero-order valence-electron chi connectivity index (χ0n) is 25.1. The molecule has 4 heterocycles. The number of hydrogen-bond acceptors (Lipinski definition) is 7. The van der Waals surface area contributed by atoms with Gasteiger partial charge in [0.25, 0.3) is 0 Å². The lowest BCUT2D eigenvalue weighted by atomic mass is 9.70. The second-order valence-electron chi connectivity index (χ2n) is 12.0. The molecule has 3 saturated heterocycles. The second-order valence-corrected chi connectivity index (χ2v) is 14.7. The van der Waals surface area contributed by atoms with Gasteiger partial charge in [0, 0.05) is 30.2 Å². The number of carbonyl (C=O) groups is 3. The highest BCUT2D eigenvalue weighted by molar-refractivity contribution is 9.09. The van der Waals surface area contributed by atoms with Gasteiger partial charge in [-0.2, -0.15) is 0 Å². The zero-order valence-corrected chi connectivity index (χ0v) is 27.5. The number of aliphatic hydroxyl groups is 1. The van der Waals surface area contributed by atoms with E-state index in [1.807, 2.05) is 54.6 Å². The van der Waals surface area contributed by atoms with Crippen LogP contribution in [-0.4, -0.2) is 106 Å². The van der Waals surface area contributed by atoms with Crippen LogP contribution in [0.15, 0.2) is 79.9 Å². The smallest absolute Gasteiger partial charge is 0.248 e. The van der Waals surface area contributed by atoms with Crippen molar-refractivity contribution in [3.63, 3.8) is 0 Å². The normalized spacial score (nSPS) is 27.4. The van der Waals surface area contributed by atoms with E-state index in [0.29, 0.717) is 24.9 Å². The van der Waals surface area contributed by atoms with Gasteiger partial charge >= 0.3 is 0 Å². The third kappa shape index (κ3) is 5.30. The summed E-state index contributed by atoms with van der Waals surface area (Å²) in [5.74, 6) is -1.98. The molecule has 3 aliphatic heterocycles. The first-order valence-corrected chi connectivity index (χ1v) is 16.9. The van der Waals surface area contributed by atoms with Crippen molar-refractivity contribution >= 4 is 56.4 Å². The van der Waals surface area contributed by atoms with Crippen molar-refractivity contribution in [1.82, 2.24) is 29.7 Å². The summed E-state index contributed by atoms with van der Waals surface area (Å²) in [6, 6.07) is 15.6. The van der Waals surface area contributed by atoms with Crippen LogP contribution < -0.4 is 0 Å². The fourth-order valence-electron chi connectivity index (χ4n) is 7.43. The minimum absolute atomic E-state index is 0.0679. The predicted molar refractivity (Wildman–Crippen MR) is 177 cm³/mol. The SMILES string of the molecule is C=CCN(C)C(=O)[C@H]1[C@@H]2SC3(CC2Br)C(C(=O)N(CC=C)Cn2nnc4ccccc42)N([C@@H](CO)Cc2ccccc2)C(=O)[C@H]13. The Labute approximate surface area is 275 Å². The highest BCUT2D eigenvalue weighted by atomic mass is 79.9. The van der Waals surface area contributed by atoms with E-state index >= 15 is 0 Å². The van der Waals surface area contributed by atoms with E-state index in [0.717, 1.165) is 11.1 Å². The van der Waals surface area contributed by atoms with Gasteiger partial charge in [-0.25, -0.2) is 4.68 Å². The molecule has 3 amide bonds. The molecule has 1 spiro atoms. The Morgan fingerprint density at radius 1 is 1.13 bits per heavy atom. The molecule has 0 aliphatic carbocycles. The molecule has 10 nitrogen and oxygen atoms in total. The number of hydrogen-bond donors (Lipinski definition) is 1. The number of carbonyl (C=O) groups excluding carboxylic acids is 3. The van der Waals surface area contributed by atoms with Gasteiger partial charge in [-0.3, -0.25) is 14.4 Å². The molecule has 3 unspecified atom stereocenters. The maximum atomic E-state index is 15.0. The Morgan fingerprint density at radius 2 is 1.84 bits per heavy atom. The van der Waals surface area contributed by atoms with Crippen LogP contribution in [-0.2, 0) is 27.5 Å². The Hall–Kier alpha value is -3.48. The molecular weight excluding hydrogens is 656 g/mol. The monoisotopic (exact) mass is 692 g/mol. The highest BCUT2D eigenvalue weighted by Gasteiger charge is 2.76. The molecule has 2 bridgehead atoms. The van der Waals surface area contributed by atoms with Gasteiger partial charge < -0.3 is 19.8 Å². The van der Waals surface area contributed by atoms with Crippen LogP contribution in [0.3, 0.4) is 0 Å². The van der Waals surface area contributed by atoms with Crippen LogP contribution in [0.1, 0.15) is 12.0 Å². The number of likely N-dealkylation sites (N-methyl/N-ethyl adjacent to an activating group) is 1. The minimum atomic E-state index is -0.914. The number of alkyl halides is 1. The highest BCUT2D eigenvalue weighted by Crippen LogP contribution is 2.68. The Balaban J connectivity index is 1.43. The number of nitrogens with zero attached hydrogens (tertiary/aromatic N) is 6. The predicted octanol–water partition coefficient (Wildman–Crippen LogP) is 3.12. The summed E-state index contributed by atoms with van der Waals surface area (Å²) in [6.45, 7) is 8.02. The number of likely N-dealkylation sites (tertiary alicyclic amines) is 1. The maximum Gasteiger partial charge on any atom is 0.248 e. The van der Waals surface area contributed by atoms with Crippen molar-refractivity contribution in [2.75, 3.05) is 26.7 Å². The molecule has 6 rings (SSSR count). The van der Waals surface area contributed by atoms with Gasteiger partial charge in [-0.1, -0.05) is 75.8 Å². The van der Waals surface area contributed by atoms with Crippen molar-refractivity contribution in [2.45, 2.75) is 46.4 Å². The fourth-order valence-corrected chi connectivity index (χ4v) is 11.0. The van der Waals surface area contributed by atoms with E-state index in [1.54, 1.807) is 50.3 Å². The standard InChI is InChI=1S/C33H37BrN6O4S/c1-4-15-37(3)30(42)26-27-31(43)40(22(19-41)17-21-11-7-6-8-12-21)29(33(27)18-23(34)28(26)45-33)32(44)38(16-5-2)20-39-25-14-10-9-13-24(25)35-36-39/h4-14,22-23,26-29,41H,1-2,15-20H2,3H3/t22-,23?,26-,27+,28-,29?,33?/m1/s1. The molecule has 2 aromatic carbocycles. The molecule has 236 valence electrons. The number of benzene rings is 2. The van der Waals surface area contributed by atoms with Gasteiger partial charge in [-0.15, -0.1) is 30.0 Å². The number of aliphatic hydroxyl groups excluding tert-OH is 1. The third-order valence-corrected chi connectivity index (χ3v) is 12.5. The van der Waals surface area contributed by atoms with E-state index in [2.05, 4.69) is 39.4 Å². The lowest BCUT2D eigenvalue weighted by Crippen LogP contribution is -2.58. The van der Waals surface area contributed by atoms with Gasteiger partial charge in [0.2, 0.25) is 17.7 Å². The second kappa shape index (κ2) is 12.7. The van der Waals surface area contributed by atoms with Crippen LogP contribution in [0.4, 0.5) is 0 Å². The zero-order chi connectivity index (χ0) is 31.9. The molecule has 12 heteroatoms. The van der Waals surface area contributed by atoms with Crippen molar-refractivity contribution in [1.29, 1.82) is 0 Å². The van der Waals surface area contributed by atoms with Crippen molar-refractivity contribution in [3.05, 3.63) is 85.5 Å². The first-order chi connectivity index (χ1) is 21.7. The third-order valence-electron chi connectivity index (χ3n) is 9.33. The van der Waals surface area contributed by atoms with E-state index in [4.69, 9.17) is 0 Å². The van der Waals surface area contributed by atoms with E-state index in [1.165, 1.54) is 0 Å². The van der Waals surface area contributed by atoms with Crippen molar-refractivity contribution in [2.24, 2.45) is 11.8 Å². The van der Waals surface area contributed by atoms with E-state index in [9.17, 15) is 19.5 Å². The van der Waals surface area contributed by atoms with Crippen LogP contribution >= 0.6 is 27.7 Å². The number of amides is 3. The summed E-state index contributed by atoms with van der Waals surface area (Å²) in [7, 11) is 1.72. The molecule has 3 aliphatic rings. The summed E-state index contributed by atoms with van der Waals surface area (Å²) < 4.78 is 0.805.